The molecule has 0 fully saturated rings. The quantitative estimate of drug-likeness (QED) is 0.845. The maximum absolute atomic E-state index is 11.3. The summed E-state index contributed by atoms with van der Waals surface area (Å²) in [7, 11) is 0. The SMILES string of the molecule is CC(C)(C)OC(=O)NCCCOc1cc(Cl)ccn1. The lowest BCUT2D eigenvalue weighted by molar-refractivity contribution is 0.0525. The minimum Gasteiger partial charge on any atom is -0.478 e. The summed E-state index contributed by atoms with van der Waals surface area (Å²) in [6, 6.07) is 3.32. The van der Waals surface area contributed by atoms with Crippen molar-refractivity contribution in [3.05, 3.63) is 23.4 Å². The number of aromatic nitrogens is 1. The summed E-state index contributed by atoms with van der Waals surface area (Å²) < 4.78 is 10.5. The number of hydrogen-bond acceptors (Lipinski definition) is 4. The lowest BCUT2D eigenvalue weighted by Crippen LogP contribution is -2.33. The predicted molar refractivity (Wildman–Crippen MR) is 73.6 cm³/mol. The molecule has 6 heteroatoms. The normalized spacial score (nSPS) is 10.9. The van der Waals surface area contributed by atoms with Crippen LogP contribution in [0.5, 0.6) is 5.88 Å². The fraction of sp³-hybridized carbons (Fsp3) is 0.538. The van der Waals surface area contributed by atoms with Crippen LogP contribution in [0.25, 0.3) is 0 Å². The minimum atomic E-state index is -0.481. The zero-order chi connectivity index (χ0) is 14.3. The lowest BCUT2D eigenvalue weighted by Gasteiger charge is -2.19. The number of nitrogens with one attached hydrogen (secondary N) is 1. The second kappa shape index (κ2) is 7.19. The molecule has 0 bridgehead atoms. The van der Waals surface area contributed by atoms with Gasteiger partial charge in [-0.2, -0.15) is 0 Å². The maximum Gasteiger partial charge on any atom is 0.407 e. The van der Waals surface area contributed by atoms with Crippen LogP contribution in [-0.2, 0) is 4.74 Å². The molecular formula is C13H19ClN2O3. The highest BCUT2D eigenvalue weighted by Crippen LogP contribution is 2.13. The Morgan fingerprint density at radius 2 is 2.21 bits per heavy atom. The first-order valence-corrected chi connectivity index (χ1v) is 6.46. The van der Waals surface area contributed by atoms with Crippen LogP contribution in [0.4, 0.5) is 4.79 Å². The molecule has 1 heterocycles. The summed E-state index contributed by atoms with van der Waals surface area (Å²) in [5.41, 5.74) is -0.481. The third-order valence-electron chi connectivity index (χ3n) is 1.94. The molecule has 0 spiro atoms. The number of pyridine rings is 1. The van der Waals surface area contributed by atoms with E-state index in [1.54, 1.807) is 18.3 Å². The molecular weight excluding hydrogens is 268 g/mol. The van der Waals surface area contributed by atoms with E-state index in [1.807, 2.05) is 20.8 Å². The van der Waals surface area contributed by atoms with Gasteiger partial charge in [0.2, 0.25) is 5.88 Å². The van der Waals surface area contributed by atoms with Crippen molar-refractivity contribution in [2.24, 2.45) is 0 Å². The van der Waals surface area contributed by atoms with Crippen LogP contribution >= 0.6 is 11.6 Å². The summed E-state index contributed by atoms with van der Waals surface area (Å²) in [6.45, 7) is 6.39. The fourth-order valence-corrected chi connectivity index (χ4v) is 1.37. The van der Waals surface area contributed by atoms with Gasteiger partial charge in [0.1, 0.15) is 5.60 Å². The van der Waals surface area contributed by atoms with Crippen LogP contribution in [0, 0.1) is 0 Å². The molecule has 1 N–H and O–H groups in total. The van der Waals surface area contributed by atoms with E-state index < -0.39 is 11.7 Å². The van der Waals surface area contributed by atoms with Gasteiger partial charge in [0, 0.05) is 23.8 Å². The first-order valence-electron chi connectivity index (χ1n) is 6.08. The highest BCUT2D eigenvalue weighted by atomic mass is 35.5. The molecule has 1 aromatic heterocycles. The number of rotatable bonds is 5. The molecule has 0 saturated carbocycles. The van der Waals surface area contributed by atoms with Crippen molar-refractivity contribution in [2.45, 2.75) is 32.8 Å². The molecule has 0 radical (unpaired) electrons. The molecule has 19 heavy (non-hydrogen) atoms. The van der Waals surface area contributed by atoms with Crippen molar-refractivity contribution >= 4 is 17.7 Å². The molecule has 106 valence electrons. The van der Waals surface area contributed by atoms with Gasteiger partial charge in [0.25, 0.3) is 0 Å². The molecule has 1 aromatic rings. The highest BCUT2D eigenvalue weighted by molar-refractivity contribution is 6.30. The molecule has 0 saturated heterocycles. The Bertz CT molecular complexity index is 419. The Balaban J connectivity index is 2.13. The van der Waals surface area contributed by atoms with E-state index in [9.17, 15) is 4.79 Å². The largest absolute Gasteiger partial charge is 0.478 e. The Labute approximate surface area is 118 Å². The summed E-state index contributed by atoms with van der Waals surface area (Å²) in [4.78, 5) is 15.3. The summed E-state index contributed by atoms with van der Waals surface area (Å²) in [5, 5.41) is 3.23. The average Bonchev–Trinajstić information content (AvgIpc) is 2.26. The van der Waals surface area contributed by atoms with Gasteiger partial charge in [-0.05, 0) is 33.3 Å². The Kier molecular flexibility index (Phi) is 5.89. The monoisotopic (exact) mass is 286 g/mol. The number of alkyl carbamates (subject to hydrolysis) is 1. The number of carbonyl (C=O) groups is 1. The smallest absolute Gasteiger partial charge is 0.407 e. The first kappa shape index (κ1) is 15.6. The summed E-state index contributed by atoms with van der Waals surface area (Å²) in [5.74, 6) is 0.477. The van der Waals surface area contributed by atoms with E-state index in [0.717, 1.165) is 0 Å². The van der Waals surface area contributed by atoms with Gasteiger partial charge >= 0.3 is 6.09 Å². The third kappa shape index (κ3) is 7.51. The predicted octanol–water partition coefficient (Wildman–Crippen LogP) is 3.03. The van der Waals surface area contributed by atoms with Crippen LogP contribution in [0.1, 0.15) is 27.2 Å². The topological polar surface area (TPSA) is 60.5 Å². The summed E-state index contributed by atoms with van der Waals surface area (Å²) >= 11 is 5.79. The molecule has 0 aliphatic carbocycles. The van der Waals surface area contributed by atoms with Gasteiger partial charge in [0.05, 0.1) is 6.61 Å². The van der Waals surface area contributed by atoms with Crippen LogP contribution < -0.4 is 10.1 Å². The van der Waals surface area contributed by atoms with Gasteiger partial charge in [-0.15, -0.1) is 0 Å². The minimum absolute atomic E-state index is 0.423. The number of ether oxygens (including phenoxy) is 2. The number of hydrogen-bond donors (Lipinski definition) is 1. The third-order valence-corrected chi connectivity index (χ3v) is 2.17. The molecule has 1 amide bonds. The number of amides is 1. The lowest BCUT2D eigenvalue weighted by atomic mass is 10.2. The second-order valence-electron chi connectivity index (χ2n) is 4.94. The van der Waals surface area contributed by atoms with E-state index in [0.29, 0.717) is 30.5 Å². The van der Waals surface area contributed by atoms with Crippen LogP contribution in [0.2, 0.25) is 5.02 Å². The van der Waals surface area contributed by atoms with Crippen molar-refractivity contribution in [2.75, 3.05) is 13.2 Å². The maximum atomic E-state index is 11.3. The number of carbonyl (C=O) groups excluding carboxylic acids is 1. The van der Waals surface area contributed by atoms with Crippen molar-refractivity contribution in [1.82, 2.24) is 10.3 Å². The first-order chi connectivity index (χ1) is 8.87. The number of halogens is 1. The molecule has 0 unspecified atom stereocenters. The molecule has 1 rings (SSSR count). The van der Waals surface area contributed by atoms with Gasteiger partial charge in [-0.25, -0.2) is 9.78 Å². The molecule has 5 nitrogen and oxygen atoms in total. The Morgan fingerprint density at radius 3 is 2.84 bits per heavy atom. The van der Waals surface area contributed by atoms with E-state index in [4.69, 9.17) is 21.1 Å². The van der Waals surface area contributed by atoms with E-state index in [1.165, 1.54) is 0 Å². The van der Waals surface area contributed by atoms with Gasteiger partial charge < -0.3 is 14.8 Å². The van der Waals surface area contributed by atoms with Crippen LogP contribution in [0.15, 0.2) is 18.3 Å². The zero-order valence-electron chi connectivity index (χ0n) is 11.4. The van der Waals surface area contributed by atoms with Gasteiger partial charge in [-0.1, -0.05) is 11.6 Å². The molecule has 0 aromatic carbocycles. The Hall–Kier alpha value is -1.49. The van der Waals surface area contributed by atoms with Crippen molar-refractivity contribution in [3.63, 3.8) is 0 Å². The van der Waals surface area contributed by atoms with Gasteiger partial charge in [-0.3, -0.25) is 0 Å². The zero-order valence-corrected chi connectivity index (χ0v) is 12.2. The molecule has 0 atom stereocenters. The molecule has 0 aliphatic rings. The van der Waals surface area contributed by atoms with E-state index >= 15 is 0 Å². The van der Waals surface area contributed by atoms with Crippen LogP contribution in [-0.4, -0.2) is 29.8 Å². The fourth-order valence-electron chi connectivity index (χ4n) is 1.22. The van der Waals surface area contributed by atoms with Crippen LogP contribution in [0.3, 0.4) is 0 Å². The standard InChI is InChI=1S/C13H19ClN2O3/c1-13(2,3)19-12(17)16-6-4-8-18-11-9-10(14)5-7-15-11/h5,7,9H,4,6,8H2,1-3H3,(H,16,17). The summed E-state index contributed by atoms with van der Waals surface area (Å²) in [6.07, 6.45) is 1.82. The highest BCUT2D eigenvalue weighted by Gasteiger charge is 2.15. The van der Waals surface area contributed by atoms with E-state index in [2.05, 4.69) is 10.3 Å². The number of nitrogens with zero attached hydrogens (tertiary/aromatic N) is 1. The van der Waals surface area contributed by atoms with Crippen molar-refractivity contribution in [1.29, 1.82) is 0 Å². The van der Waals surface area contributed by atoms with Gasteiger partial charge in [0.15, 0.2) is 0 Å². The average molecular weight is 287 g/mol. The van der Waals surface area contributed by atoms with Crippen molar-refractivity contribution < 1.29 is 14.3 Å². The second-order valence-corrected chi connectivity index (χ2v) is 5.38. The van der Waals surface area contributed by atoms with Crippen molar-refractivity contribution in [3.8, 4) is 5.88 Å². The Morgan fingerprint density at radius 1 is 1.47 bits per heavy atom. The van der Waals surface area contributed by atoms with E-state index in [-0.39, 0.29) is 0 Å². The molecule has 0 aliphatic heterocycles.